The van der Waals surface area contributed by atoms with Crippen molar-refractivity contribution in [2.45, 2.75) is 32.2 Å². The smallest absolute Gasteiger partial charge is 0.257 e. The second-order valence-electron chi connectivity index (χ2n) is 6.51. The summed E-state index contributed by atoms with van der Waals surface area (Å²) in [7, 11) is 0. The Morgan fingerprint density at radius 1 is 1.15 bits per heavy atom. The van der Waals surface area contributed by atoms with E-state index in [9.17, 15) is 4.79 Å². The first-order valence-electron chi connectivity index (χ1n) is 8.49. The van der Waals surface area contributed by atoms with Crippen LogP contribution in [0.1, 0.15) is 36.5 Å². The van der Waals surface area contributed by atoms with Crippen LogP contribution in [0.2, 0.25) is 15.1 Å². The quantitative estimate of drug-likeness (QED) is 0.621. The molecule has 1 amide bonds. The molecule has 0 aliphatic carbocycles. The van der Waals surface area contributed by atoms with Crippen LogP contribution in [0.3, 0.4) is 0 Å². The Bertz CT molecular complexity index is 818. The van der Waals surface area contributed by atoms with Crippen molar-refractivity contribution in [2.75, 3.05) is 22.5 Å². The third-order valence-electron chi connectivity index (χ3n) is 4.62. The maximum absolute atomic E-state index is 13.0. The number of carbonyl (C=O) groups excluding carboxylic acids is 1. The van der Waals surface area contributed by atoms with Gasteiger partial charge in [-0.1, -0.05) is 34.8 Å². The number of hydrogen-bond acceptors (Lipinski definition) is 3. The molecule has 138 valence electrons. The zero-order chi connectivity index (χ0) is 18.8. The van der Waals surface area contributed by atoms with Gasteiger partial charge < -0.3 is 16.0 Å². The van der Waals surface area contributed by atoms with Gasteiger partial charge in [0.1, 0.15) is 0 Å². The van der Waals surface area contributed by atoms with Crippen LogP contribution in [0.15, 0.2) is 30.3 Å². The van der Waals surface area contributed by atoms with Gasteiger partial charge in [0.15, 0.2) is 0 Å². The molecule has 1 fully saturated rings. The summed E-state index contributed by atoms with van der Waals surface area (Å²) < 4.78 is 0. The van der Waals surface area contributed by atoms with Gasteiger partial charge in [0.2, 0.25) is 0 Å². The van der Waals surface area contributed by atoms with E-state index in [-0.39, 0.29) is 16.0 Å². The number of nitrogens with one attached hydrogen (secondary N) is 1. The van der Waals surface area contributed by atoms with Crippen molar-refractivity contribution in [1.29, 1.82) is 0 Å². The second kappa shape index (κ2) is 7.95. The minimum atomic E-state index is -0.309. The number of halogens is 3. The normalized spacial score (nSPS) is 17.2. The minimum Gasteiger partial charge on any atom is -0.399 e. The molecule has 26 heavy (non-hydrogen) atoms. The second-order valence-corrected chi connectivity index (χ2v) is 7.76. The molecule has 1 aliphatic heterocycles. The van der Waals surface area contributed by atoms with Crippen LogP contribution in [0.25, 0.3) is 0 Å². The first-order valence-corrected chi connectivity index (χ1v) is 9.62. The molecular weight excluding hydrogens is 393 g/mol. The highest BCUT2D eigenvalue weighted by Crippen LogP contribution is 2.35. The van der Waals surface area contributed by atoms with Gasteiger partial charge in [-0.15, -0.1) is 0 Å². The fourth-order valence-corrected chi connectivity index (χ4v) is 4.20. The van der Waals surface area contributed by atoms with Crippen molar-refractivity contribution in [3.05, 3.63) is 51.0 Å². The predicted molar refractivity (Wildman–Crippen MR) is 111 cm³/mol. The molecular formula is C19H20Cl3N3O. The van der Waals surface area contributed by atoms with E-state index in [4.69, 9.17) is 40.5 Å². The van der Waals surface area contributed by atoms with E-state index in [1.807, 2.05) is 12.1 Å². The number of nitrogen functional groups attached to an aromatic ring is 1. The van der Waals surface area contributed by atoms with Gasteiger partial charge >= 0.3 is 0 Å². The number of nitrogens with two attached hydrogens (primary N) is 1. The molecule has 2 aromatic rings. The van der Waals surface area contributed by atoms with Crippen LogP contribution < -0.4 is 16.0 Å². The molecule has 3 N–H and O–H groups in total. The van der Waals surface area contributed by atoms with Gasteiger partial charge in [-0.05, 0) is 56.5 Å². The number of piperidine rings is 1. The van der Waals surface area contributed by atoms with Gasteiger partial charge in [-0.3, -0.25) is 4.79 Å². The van der Waals surface area contributed by atoms with Crippen molar-refractivity contribution >= 4 is 57.8 Å². The van der Waals surface area contributed by atoms with Gasteiger partial charge in [0, 0.05) is 29.0 Å². The Morgan fingerprint density at radius 2 is 1.85 bits per heavy atom. The number of hydrogen-bond donors (Lipinski definition) is 2. The van der Waals surface area contributed by atoms with Crippen molar-refractivity contribution in [3.63, 3.8) is 0 Å². The van der Waals surface area contributed by atoms with Crippen LogP contribution in [-0.4, -0.2) is 18.5 Å². The molecule has 1 aliphatic rings. The first kappa shape index (κ1) is 19.2. The van der Waals surface area contributed by atoms with Crippen molar-refractivity contribution in [2.24, 2.45) is 0 Å². The summed E-state index contributed by atoms with van der Waals surface area (Å²) in [6, 6.07) is 8.84. The molecule has 0 spiro atoms. The van der Waals surface area contributed by atoms with Crippen LogP contribution in [0.5, 0.6) is 0 Å². The largest absolute Gasteiger partial charge is 0.399 e. The first-order chi connectivity index (χ1) is 12.4. The molecule has 1 heterocycles. The number of carbonyl (C=O) groups is 1. The van der Waals surface area contributed by atoms with Gasteiger partial charge in [0.05, 0.1) is 21.3 Å². The Balaban J connectivity index is 1.96. The molecule has 1 saturated heterocycles. The Labute approximate surface area is 168 Å². The van der Waals surface area contributed by atoms with E-state index in [0.717, 1.165) is 25.1 Å². The maximum atomic E-state index is 13.0. The summed E-state index contributed by atoms with van der Waals surface area (Å²) in [5, 5.41) is 3.78. The maximum Gasteiger partial charge on any atom is 0.257 e. The van der Waals surface area contributed by atoms with Crippen LogP contribution >= 0.6 is 34.8 Å². The fourth-order valence-electron chi connectivity index (χ4n) is 3.28. The number of amides is 1. The van der Waals surface area contributed by atoms with Gasteiger partial charge in [-0.25, -0.2) is 0 Å². The van der Waals surface area contributed by atoms with E-state index < -0.39 is 0 Å². The molecule has 0 unspecified atom stereocenters. The number of rotatable bonds is 3. The Kier molecular flexibility index (Phi) is 5.86. The fraction of sp³-hybridized carbons (Fsp3) is 0.316. The zero-order valence-corrected chi connectivity index (χ0v) is 16.6. The molecule has 4 nitrogen and oxygen atoms in total. The van der Waals surface area contributed by atoms with E-state index in [0.29, 0.717) is 28.0 Å². The monoisotopic (exact) mass is 411 g/mol. The molecule has 3 rings (SSSR count). The molecule has 0 saturated carbocycles. The SMILES string of the molecule is C[C@@H]1CCCCN1c1ccc(N)cc1C(=O)Nc1c(Cl)cc(Cl)cc1Cl. The summed E-state index contributed by atoms with van der Waals surface area (Å²) in [4.78, 5) is 15.2. The van der Waals surface area contributed by atoms with Crippen LogP contribution in [0, 0.1) is 0 Å². The van der Waals surface area contributed by atoms with Crippen molar-refractivity contribution < 1.29 is 4.79 Å². The van der Waals surface area contributed by atoms with Gasteiger partial charge in [-0.2, -0.15) is 0 Å². The lowest BCUT2D eigenvalue weighted by atomic mass is 10.0. The average molecular weight is 413 g/mol. The highest BCUT2D eigenvalue weighted by atomic mass is 35.5. The standard InChI is InChI=1S/C19H20Cl3N3O/c1-11-4-2-3-7-25(11)17-6-5-13(23)10-14(17)19(26)24-18-15(21)8-12(20)9-16(18)22/h5-6,8-11H,2-4,7,23H2,1H3,(H,24,26)/t11-/m1/s1. The van der Waals surface area contributed by atoms with E-state index in [1.54, 1.807) is 6.07 Å². The Morgan fingerprint density at radius 3 is 2.50 bits per heavy atom. The lowest BCUT2D eigenvalue weighted by Crippen LogP contribution is -2.38. The van der Waals surface area contributed by atoms with E-state index >= 15 is 0 Å². The molecule has 0 aromatic heterocycles. The summed E-state index contributed by atoms with van der Waals surface area (Å²) in [5.41, 5.74) is 8.16. The molecule has 7 heteroatoms. The van der Waals surface area contributed by atoms with Crippen LogP contribution in [-0.2, 0) is 0 Å². The molecule has 2 aromatic carbocycles. The Hall–Kier alpha value is -1.62. The van der Waals surface area contributed by atoms with Crippen molar-refractivity contribution in [3.8, 4) is 0 Å². The third-order valence-corrected chi connectivity index (χ3v) is 5.44. The molecule has 1 atom stereocenters. The van der Waals surface area contributed by atoms with Crippen LogP contribution in [0.4, 0.5) is 17.1 Å². The summed E-state index contributed by atoms with van der Waals surface area (Å²) in [6.45, 7) is 3.08. The lowest BCUT2D eigenvalue weighted by molar-refractivity contribution is 0.102. The molecule has 0 radical (unpaired) electrons. The topological polar surface area (TPSA) is 58.4 Å². The summed E-state index contributed by atoms with van der Waals surface area (Å²) in [5.74, 6) is -0.309. The number of anilines is 3. The number of benzene rings is 2. The van der Waals surface area contributed by atoms with E-state index in [2.05, 4.69) is 17.1 Å². The molecule has 0 bridgehead atoms. The lowest BCUT2D eigenvalue weighted by Gasteiger charge is -2.36. The zero-order valence-electron chi connectivity index (χ0n) is 14.4. The van der Waals surface area contributed by atoms with Gasteiger partial charge in [0.25, 0.3) is 5.91 Å². The highest BCUT2D eigenvalue weighted by Gasteiger charge is 2.24. The summed E-state index contributed by atoms with van der Waals surface area (Å²) >= 11 is 18.3. The predicted octanol–water partition coefficient (Wildman–Crippen LogP) is 5.86. The average Bonchev–Trinajstić information content (AvgIpc) is 2.58. The minimum absolute atomic E-state index is 0.285. The number of nitrogens with zero attached hydrogens (tertiary/aromatic N) is 1. The third kappa shape index (κ3) is 4.03. The van der Waals surface area contributed by atoms with Crippen molar-refractivity contribution in [1.82, 2.24) is 0 Å². The highest BCUT2D eigenvalue weighted by molar-refractivity contribution is 6.42. The summed E-state index contributed by atoms with van der Waals surface area (Å²) in [6.07, 6.45) is 3.40. The van der Waals surface area contributed by atoms with E-state index in [1.165, 1.54) is 18.6 Å².